The molecule has 2 aliphatic heterocycles. The van der Waals surface area contributed by atoms with Crippen molar-refractivity contribution in [1.82, 2.24) is 15.5 Å². The summed E-state index contributed by atoms with van der Waals surface area (Å²) in [6, 6.07) is 11.3. The summed E-state index contributed by atoms with van der Waals surface area (Å²) < 4.78 is 28.5. The Labute approximate surface area is 216 Å². The van der Waals surface area contributed by atoms with Crippen molar-refractivity contribution in [3.63, 3.8) is 0 Å². The Kier molecular flexibility index (Phi) is 8.57. The molecular formula is C26H32N4O6S. The largest absolute Gasteiger partial charge is 0.494 e. The van der Waals surface area contributed by atoms with Gasteiger partial charge < -0.3 is 15.0 Å². The van der Waals surface area contributed by atoms with Crippen LogP contribution < -0.4 is 20.5 Å². The van der Waals surface area contributed by atoms with Crippen LogP contribution in [0.25, 0.3) is 0 Å². The van der Waals surface area contributed by atoms with E-state index in [2.05, 4.69) is 10.6 Å². The number of rotatable bonds is 12. The van der Waals surface area contributed by atoms with E-state index in [1.54, 1.807) is 24.3 Å². The van der Waals surface area contributed by atoms with Gasteiger partial charge in [0.15, 0.2) is 0 Å². The average molecular weight is 529 g/mol. The van der Waals surface area contributed by atoms with Gasteiger partial charge in [0.05, 0.1) is 11.5 Å². The number of carbonyl (C=O) groups is 3. The number of unbranched alkanes of at least 4 members (excludes halogenated alkanes) is 3. The van der Waals surface area contributed by atoms with E-state index in [9.17, 15) is 22.8 Å². The van der Waals surface area contributed by atoms with E-state index in [0.717, 1.165) is 43.4 Å². The number of ether oxygens (including phenoxy) is 1. The third-order valence-corrected chi connectivity index (χ3v) is 7.52. The van der Waals surface area contributed by atoms with E-state index >= 15 is 0 Å². The first-order valence-electron chi connectivity index (χ1n) is 12.5. The van der Waals surface area contributed by atoms with E-state index in [1.807, 2.05) is 6.07 Å². The molecule has 11 heteroatoms. The predicted molar refractivity (Wildman–Crippen MR) is 136 cm³/mol. The SMILES string of the molecule is NS(=O)(=O)c1ccc(CNCCCCCCOc2ccc3c(c2)CN(C2CCC(=O)NC2=O)C3=O)cc1. The predicted octanol–water partition coefficient (Wildman–Crippen LogP) is 1.82. The molecule has 198 valence electrons. The van der Waals surface area contributed by atoms with Gasteiger partial charge in [-0.05, 0) is 67.3 Å². The van der Waals surface area contributed by atoms with Gasteiger partial charge in [0, 0.05) is 25.1 Å². The van der Waals surface area contributed by atoms with Crippen molar-refractivity contribution in [3.05, 3.63) is 59.2 Å². The second-order valence-electron chi connectivity index (χ2n) is 9.35. The smallest absolute Gasteiger partial charge is 0.255 e. The van der Waals surface area contributed by atoms with Gasteiger partial charge in [-0.3, -0.25) is 19.7 Å². The van der Waals surface area contributed by atoms with E-state index in [0.29, 0.717) is 37.4 Å². The van der Waals surface area contributed by atoms with Gasteiger partial charge in [-0.1, -0.05) is 25.0 Å². The molecule has 1 fully saturated rings. The maximum absolute atomic E-state index is 12.8. The maximum atomic E-state index is 12.8. The Morgan fingerprint density at radius 2 is 1.78 bits per heavy atom. The molecule has 2 aliphatic rings. The first-order valence-corrected chi connectivity index (χ1v) is 14.0. The second kappa shape index (κ2) is 11.8. The third-order valence-electron chi connectivity index (χ3n) is 6.59. The van der Waals surface area contributed by atoms with Crippen LogP contribution in [0.15, 0.2) is 47.4 Å². The highest BCUT2D eigenvalue weighted by molar-refractivity contribution is 7.89. The van der Waals surface area contributed by atoms with Crippen LogP contribution in [0.4, 0.5) is 0 Å². The number of nitrogens with zero attached hydrogens (tertiary/aromatic N) is 1. The Bertz CT molecular complexity index is 1260. The van der Waals surface area contributed by atoms with Crippen molar-refractivity contribution >= 4 is 27.7 Å². The first kappa shape index (κ1) is 26.8. The first-order chi connectivity index (χ1) is 17.7. The van der Waals surface area contributed by atoms with Gasteiger partial charge >= 0.3 is 0 Å². The number of imide groups is 1. The summed E-state index contributed by atoms with van der Waals surface area (Å²) in [5.41, 5.74) is 2.40. The standard InChI is InChI=1S/C26H32N4O6S/c27-37(34,35)21-8-5-18(6-9-21)16-28-13-3-1-2-4-14-36-20-7-10-22-19(15-20)17-30(26(22)33)23-11-12-24(31)29-25(23)32/h5-10,15,23,28H,1-4,11-14,16-17H2,(H2,27,34,35)(H,29,31,32). The summed E-state index contributed by atoms with van der Waals surface area (Å²) in [6.07, 6.45) is 4.59. The van der Waals surface area contributed by atoms with Crippen LogP contribution in [0, 0.1) is 0 Å². The fraction of sp³-hybridized carbons (Fsp3) is 0.423. The minimum atomic E-state index is -3.66. The summed E-state index contributed by atoms with van der Waals surface area (Å²) in [6.45, 7) is 2.43. The molecule has 0 bridgehead atoms. The quantitative estimate of drug-likeness (QED) is 0.281. The van der Waals surface area contributed by atoms with E-state index in [4.69, 9.17) is 9.88 Å². The van der Waals surface area contributed by atoms with Gasteiger partial charge in [-0.2, -0.15) is 0 Å². The molecule has 2 aromatic rings. The number of sulfonamides is 1. The van der Waals surface area contributed by atoms with E-state index in [1.165, 1.54) is 17.0 Å². The van der Waals surface area contributed by atoms with E-state index in [-0.39, 0.29) is 23.1 Å². The number of benzene rings is 2. The minimum Gasteiger partial charge on any atom is -0.494 e. The molecule has 2 heterocycles. The molecular weight excluding hydrogens is 496 g/mol. The molecule has 37 heavy (non-hydrogen) atoms. The zero-order valence-electron chi connectivity index (χ0n) is 20.6. The number of nitrogens with one attached hydrogen (secondary N) is 2. The number of hydrogen-bond donors (Lipinski definition) is 3. The lowest BCUT2D eigenvalue weighted by molar-refractivity contribution is -0.136. The van der Waals surface area contributed by atoms with Crippen molar-refractivity contribution in [2.45, 2.75) is 62.6 Å². The molecule has 1 unspecified atom stereocenters. The molecule has 0 radical (unpaired) electrons. The van der Waals surface area contributed by atoms with Crippen LogP contribution in [0.2, 0.25) is 0 Å². The van der Waals surface area contributed by atoms with Gasteiger partial charge in [0.25, 0.3) is 5.91 Å². The van der Waals surface area contributed by atoms with Crippen LogP contribution in [0.5, 0.6) is 5.75 Å². The number of primary sulfonamides is 1. The number of nitrogens with two attached hydrogens (primary N) is 1. The summed E-state index contributed by atoms with van der Waals surface area (Å²) in [5, 5.41) is 10.8. The molecule has 4 N–H and O–H groups in total. The topological polar surface area (TPSA) is 148 Å². The third kappa shape index (κ3) is 6.94. The Hall–Kier alpha value is -3.28. The highest BCUT2D eigenvalue weighted by Gasteiger charge is 2.39. The summed E-state index contributed by atoms with van der Waals surface area (Å²) in [7, 11) is -3.66. The number of amides is 3. The molecule has 4 rings (SSSR count). The number of carbonyl (C=O) groups excluding carboxylic acids is 3. The molecule has 0 spiro atoms. The van der Waals surface area contributed by atoms with Crippen LogP contribution in [-0.4, -0.2) is 50.2 Å². The fourth-order valence-corrected chi connectivity index (χ4v) is 5.08. The fourth-order valence-electron chi connectivity index (χ4n) is 4.57. The Morgan fingerprint density at radius 3 is 2.51 bits per heavy atom. The zero-order chi connectivity index (χ0) is 26.4. The van der Waals surface area contributed by atoms with Crippen LogP contribution >= 0.6 is 0 Å². The van der Waals surface area contributed by atoms with Gasteiger partial charge in [-0.15, -0.1) is 0 Å². The second-order valence-corrected chi connectivity index (χ2v) is 10.9. The summed E-state index contributed by atoms with van der Waals surface area (Å²) >= 11 is 0. The van der Waals surface area contributed by atoms with Crippen molar-refractivity contribution < 1.29 is 27.5 Å². The normalized spacial score (nSPS) is 17.6. The lowest BCUT2D eigenvalue weighted by Gasteiger charge is -2.29. The van der Waals surface area contributed by atoms with Crippen molar-refractivity contribution in [1.29, 1.82) is 0 Å². The highest BCUT2D eigenvalue weighted by Crippen LogP contribution is 2.30. The molecule has 10 nitrogen and oxygen atoms in total. The van der Waals surface area contributed by atoms with Gasteiger partial charge in [0.1, 0.15) is 11.8 Å². The van der Waals surface area contributed by atoms with Gasteiger partial charge in [-0.25, -0.2) is 13.6 Å². The molecule has 1 saturated heterocycles. The Balaban J connectivity index is 1.11. The van der Waals surface area contributed by atoms with Crippen LogP contribution in [0.3, 0.4) is 0 Å². The maximum Gasteiger partial charge on any atom is 0.255 e. The lowest BCUT2D eigenvalue weighted by Crippen LogP contribution is -2.52. The van der Waals surface area contributed by atoms with Crippen LogP contribution in [0.1, 0.15) is 60.0 Å². The number of hydrogen-bond acceptors (Lipinski definition) is 7. The summed E-state index contributed by atoms with van der Waals surface area (Å²) in [5.74, 6) is -0.202. The average Bonchev–Trinajstić information content (AvgIpc) is 3.18. The van der Waals surface area contributed by atoms with E-state index < -0.39 is 22.0 Å². The molecule has 0 aromatic heterocycles. The molecule has 3 amide bonds. The highest BCUT2D eigenvalue weighted by atomic mass is 32.2. The number of fused-ring (bicyclic) bond motifs is 1. The zero-order valence-corrected chi connectivity index (χ0v) is 21.4. The van der Waals surface area contributed by atoms with Gasteiger partial charge in [0.2, 0.25) is 21.8 Å². The number of piperidine rings is 1. The van der Waals surface area contributed by atoms with Crippen molar-refractivity contribution in [2.24, 2.45) is 5.14 Å². The summed E-state index contributed by atoms with van der Waals surface area (Å²) in [4.78, 5) is 38.0. The lowest BCUT2D eigenvalue weighted by atomic mass is 10.0. The monoisotopic (exact) mass is 528 g/mol. The van der Waals surface area contributed by atoms with Crippen molar-refractivity contribution in [3.8, 4) is 5.75 Å². The minimum absolute atomic E-state index is 0.112. The van der Waals surface area contributed by atoms with Crippen molar-refractivity contribution in [2.75, 3.05) is 13.2 Å². The molecule has 1 atom stereocenters. The molecule has 0 saturated carbocycles. The van der Waals surface area contributed by atoms with Crippen LogP contribution in [-0.2, 0) is 32.7 Å². The Morgan fingerprint density at radius 1 is 1.03 bits per heavy atom. The molecule has 2 aromatic carbocycles. The molecule has 0 aliphatic carbocycles.